The van der Waals surface area contributed by atoms with Crippen molar-refractivity contribution in [1.29, 1.82) is 0 Å². The summed E-state index contributed by atoms with van der Waals surface area (Å²) in [6.07, 6.45) is 4.19. The van der Waals surface area contributed by atoms with Crippen molar-refractivity contribution in [3.8, 4) is 0 Å². The highest BCUT2D eigenvalue weighted by atomic mass is 16.2. The zero-order chi connectivity index (χ0) is 11.4. The third kappa shape index (κ3) is 2.82. The Bertz CT molecular complexity index is 355. The monoisotopic (exact) mass is 222 g/mol. The highest BCUT2D eigenvalue weighted by Gasteiger charge is 2.16. The third-order valence-corrected chi connectivity index (χ3v) is 2.81. The van der Waals surface area contributed by atoms with Crippen LogP contribution in [0.3, 0.4) is 0 Å². The Morgan fingerprint density at radius 3 is 2.88 bits per heavy atom. The van der Waals surface area contributed by atoms with Gasteiger partial charge in [-0.1, -0.05) is 0 Å². The molecule has 0 saturated carbocycles. The van der Waals surface area contributed by atoms with Crippen molar-refractivity contribution in [2.45, 2.75) is 19.4 Å². The van der Waals surface area contributed by atoms with Gasteiger partial charge in [0.15, 0.2) is 0 Å². The summed E-state index contributed by atoms with van der Waals surface area (Å²) in [5.74, 6) is 0.202. The number of likely N-dealkylation sites (tertiary alicyclic amines) is 1. The van der Waals surface area contributed by atoms with Crippen LogP contribution in [0, 0.1) is 0 Å². The van der Waals surface area contributed by atoms with Gasteiger partial charge in [0.25, 0.3) is 0 Å². The highest BCUT2D eigenvalue weighted by Crippen LogP contribution is 2.06. The van der Waals surface area contributed by atoms with E-state index in [1.54, 1.807) is 4.68 Å². The first kappa shape index (κ1) is 11.1. The number of aryl methyl sites for hydroxylation is 1. The van der Waals surface area contributed by atoms with Crippen LogP contribution < -0.4 is 5.32 Å². The minimum Gasteiger partial charge on any atom is -0.342 e. The molecule has 0 radical (unpaired) electrons. The first-order chi connectivity index (χ1) is 7.75. The van der Waals surface area contributed by atoms with E-state index in [4.69, 9.17) is 0 Å². The summed E-state index contributed by atoms with van der Waals surface area (Å²) in [5, 5.41) is 7.36. The molecule has 1 saturated heterocycles. The lowest BCUT2D eigenvalue weighted by molar-refractivity contribution is -0.129. The Morgan fingerprint density at radius 1 is 1.50 bits per heavy atom. The zero-order valence-corrected chi connectivity index (χ0v) is 9.65. The second-order valence-corrected chi connectivity index (χ2v) is 4.17. The van der Waals surface area contributed by atoms with E-state index >= 15 is 0 Å². The van der Waals surface area contributed by atoms with E-state index in [0.29, 0.717) is 13.1 Å². The second-order valence-electron chi connectivity index (χ2n) is 4.17. The third-order valence-electron chi connectivity index (χ3n) is 2.81. The van der Waals surface area contributed by atoms with Crippen LogP contribution in [0.15, 0.2) is 12.3 Å². The second kappa shape index (κ2) is 5.12. The van der Waals surface area contributed by atoms with E-state index < -0.39 is 0 Å². The highest BCUT2D eigenvalue weighted by molar-refractivity contribution is 5.78. The molecular formula is C11H18N4O. The van der Waals surface area contributed by atoms with E-state index in [1.165, 1.54) is 0 Å². The number of amides is 1. The molecule has 88 valence electrons. The lowest BCUT2D eigenvalue weighted by Gasteiger charge is -2.15. The molecular weight excluding hydrogens is 204 g/mol. The Balaban J connectivity index is 1.69. The van der Waals surface area contributed by atoms with Crippen molar-refractivity contribution in [1.82, 2.24) is 20.0 Å². The zero-order valence-electron chi connectivity index (χ0n) is 9.65. The van der Waals surface area contributed by atoms with Gasteiger partial charge in [-0.3, -0.25) is 9.48 Å². The van der Waals surface area contributed by atoms with Gasteiger partial charge in [-0.2, -0.15) is 5.10 Å². The topological polar surface area (TPSA) is 50.2 Å². The summed E-state index contributed by atoms with van der Waals surface area (Å²) >= 11 is 0. The Kier molecular flexibility index (Phi) is 3.56. The summed E-state index contributed by atoms with van der Waals surface area (Å²) in [7, 11) is 1.89. The Labute approximate surface area is 95.4 Å². The maximum atomic E-state index is 11.7. The molecule has 1 aliphatic rings. The van der Waals surface area contributed by atoms with Gasteiger partial charge < -0.3 is 10.2 Å². The summed E-state index contributed by atoms with van der Waals surface area (Å²) < 4.78 is 1.76. The fourth-order valence-electron chi connectivity index (χ4n) is 1.93. The number of carbonyl (C=O) groups excluding carboxylic acids is 1. The quantitative estimate of drug-likeness (QED) is 0.788. The predicted molar refractivity (Wildman–Crippen MR) is 60.7 cm³/mol. The molecule has 1 N–H and O–H groups in total. The maximum absolute atomic E-state index is 11.7. The van der Waals surface area contributed by atoms with E-state index in [0.717, 1.165) is 31.6 Å². The number of nitrogens with one attached hydrogen (secondary N) is 1. The first-order valence-electron chi connectivity index (χ1n) is 5.73. The maximum Gasteiger partial charge on any atom is 0.236 e. The number of hydrogen-bond acceptors (Lipinski definition) is 3. The average Bonchev–Trinajstić information content (AvgIpc) is 2.89. The van der Waals surface area contributed by atoms with E-state index in [2.05, 4.69) is 10.4 Å². The number of aromatic nitrogens is 2. The van der Waals surface area contributed by atoms with Crippen LogP contribution in [-0.2, 0) is 18.4 Å². The molecule has 1 fully saturated rings. The predicted octanol–water partition coefficient (Wildman–Crippen LogP) is 0.132. The molecule has 0 bridgehead atoms. The van der Waals surface area contributed by atoms with Gasteiger partial charge in [0.1, 0.15) is 0 Å². The van der Waals surface area contributed by atoms with Crippen molar-refractivity contribution in [2.75, 3.05) is 19.6 Å². The molecule has 5 heteroatoms. The molecule has 0 aliphatic carbocycles. The molecule has 1 aromatic rings. The van der Waals surface area contributed by atoms with Crippen LogP contribution >= 0.6 is 0 Å². The van der Waals surface area contributed by atoms with Crippen molar-refractivity contribution in [3.63, 3.8) is 0 Å². The average molecular weight is 222 g/mol. The van der Waals surface area contributed by atoms with Crippen LogP contribution in [-0.4, -0.2) is 40.2 Å². The van der Waals surface area contributed by atoms with Crippen LogP contribution in [0.5, 0.6) is 0 Å². The number of carbonyl (C=O) groups is 1. The molecule has 0 unspecified atom stereocenters. The molecule has 5 nitrogen and oxygen atoms in total. The summed E-state index contributed by atoms with van der Waals surface area (Å²) in [6.45, 7) is 2.91. The van der Waals surface area contributed by atoms with Crippen molar-refractivity contribution < 1.29 is 4.79 Å². The minimum atomic E-state index is 0.202. The van der Waals surface area contributed by atoms with Crippen molar-refractivity contribution >= 4 is 5.91 Å². The molecule has 0 spiro atoms. The standard InChI is InChI=1S/C11H18N4O/c1-14-7-4-10(13-14)8-12-9-11(16)15-5-2-3-6-15/h4,7,12H,2-3,5-6,8-9H2,1H3. The van der Waals surface area contributed by atoms with Crippen LogP contribution in [0.4, 0.5) is 0 Å². The minimum absolute atomic E-state index is 0.202. The SMILES string of the molecule is Cn1ccc(CNCC(=O)N2CCCC2)n1. The lowest BCUT2D eigenvalue weighted by atomic mass is 10.4. The normalized spacial score (nSPS) is 15.7. The molecule has 0 atom stereocenters. The molecule has 2 rings (SSSR count). The van der Waals surface area contributed by atoms with Gasteiger partial charge in [-0.25, -0.2) is 0 Å². The van der Waals surface area contributed by atoms with Gasteiger partial charge in [-0.15, -0.1) is 0 Å². The van der Waals surface area contributed by atoms with Gasteiger partial charge in [0.2, 0.25) is 5.91 Å². The van der Waals surface area contributed by atoms with Gasteiger partial charge in [0.05, 0.1) is 12.2 Å². The number of hydrogen-bond donors (Lipinski definition) is 1. The first-order valence-corrected chi connectivity index (χ1v) is 5.73. The Hall–Kier alpha value is -1.36. The summed E-state index contributed by atoms with van der Waals surface area (Å²) in [5.41, 5.74) is 0.969. The molecule has 1 amide bonds. The van der Waals surface area contributed by atoms with E-state index in [1.807, 2.05) is 24.2 Å². The van der Waals surface area contributed by atoms with Crippen LogP contribution in [0.2, 0.25) is 0 Å². The molecule has 2 heterocycles. The summed E-state index contributed by atoms with van der Waals surface area (Å²) in [6, 6.07) is 1.95. The fraction of sp³-hybridized carbons (Fsp3) is 0.636. The molecule has 0 aromatic carbocycles. The van der Waals surface area contributed by atoms with Gasteiger partial charge in [0, 0.05) is 32.9 Å². The van der Waals surface area contributed by atoms with E-state index in [9.17, 15) is 4.79 Å². The lowest BCUT2D eigenvalue weighted by Crippen LogP contribution is -2.36. The van der Waals surface area contributed by atoms with Crippen molar-refractivity contribution in [2.24, 2.45) is 7.05 Å². The molecule has 1 aliphatic heterocycles. The molecule has 1 aromatic heterocycles. The fourth-order valence-corrected chi connectivity index (χ4v) is 1.93. The largest absolute Gasteiger partial charge is 0.342 e. The van der Waals surface area contributed by atoms with Crippen molar-refractivity contribution in [3.05, 3.63) is 18.0 Å². The van der Waals surface area contributed by atoms with Crippen LogP contribution in [0.25, 0.3) is 0 Å². The van der Waals surface area contributed by atoms with Crippen LogP contribution in [0.1, 0.15) is 18.5 Å². The van der Waals surface area contributed by atoms with Gasteiger partial charge in [-0.05, 0) is 18.9 Å². The number of rotatable bonds is 4. The summed E-state index contributed by atoms with van der Waals surface area (Å²) in [4.78, 5) is 13.6. The van der Waals surface area contributed by atoms with Gasteiger partial charge >= 0.3 is 0 Å². The Morgan fingerprint density at radius 2 is 2.25 bits per heavy atom. The molecule has 16 heavy (non-hydrogen) atoms. The smallest absolute Gasteiger partial charge is 0.236 e. The van der Waals surface area contributed by atoms with E-state index in [-0.39, 0.29) is 5.91 Å². The number of nitrogens with zero attached hydrogens (tertiary/aromatic N) is 3.